The van der Waals surface area contributed by atoms with E-state index in [0.717, 1.165) is 6.42 Å². The average Bonchev–Trinajstić information content (AvgIpc) is 2.67. The number of rotatable bonds is 4. The van der Waals surface area contributed by atoms with Gasteiger partial charge in [-0.2, -0.15) is 17.4 Å². The second kappa shape index (κ2) is 5.88. The minimum absolute atomic E-state index is 0.00968. The number of nitrogens with zero attached hydrogens (tertiary/aromatic N) is 1. The summed E-state index contributed by atoms with van der Waals surface area (Å²) in [7, 11) is -3.53. The van der Waals surface area contributed by atoms with Gasteiger partial charge in [0.05, 0.1) is 6.10 Å². The lowest BCUT2D eigenvalue weighted by Gasteiger charge is -2.35. The average molecular weight is 306 g/mol. The molecule has 0 aliphatic carbocycles. The van der Waals surface area contributed by atoms with Gasteiger partial charge in [0.25, 0.3) is 10.2 Å². The van der Waals surface area contributed by atoms with Crippen molar-refractivity contribution in [1.82, 2.24) is 9.03 Å². The Bertz CT molecular complexity index is 432. The highest BCUT2D eigenvalue weighted by atomic mass is 32.2. The van der Waals surface area contributed by atoms with E-state index in [-0.39, 0.29) is 12.6 Å². The molecule has 20 heavy (non-hydrogen) atoms. The second-order valence-electron chi connectivity index (χ2n) is 6.46. The van der Waals surface area contributed by atoms with Crippen molar-refractivity contribution in [2.24, 2.45) is 11.8 Å². The van der Waals surface area contributed by atoms with Crippen molar-refractivity contribution in [2.45, 2.75) is 45.3 Å². The fourth-order valence-electron chi connectivity index (χ4n) is 3.11. The van der Waals surface area contributed by atoms with Crippen LogP contribution in [-0.4, -0.2) is 55.8 Å². The Hall–Kier alpha value is -0.210. The lowest BCUT2D eigenvalue weighted by atomic mass is 9.94. The first-order chi connectivity index (χ1) is 9.23. The zero-order valence-electron chi connectivity index (χ0n) is 12.5. The van der Waals surface area contributed by atoms with Crippen LogP contribution in [0, 0.1) is 11.8 Å². The molecule has 2 aliphatic heterocycles. The Morgan fingerprint density at radius 3 is 2.40 bits per heavy atom. The van der Waals surface area contributed by atoms with Gasteiger partial charge < -0.3 is 9.84 Å². The maximum absolute atomic E-state index is 12.3. The van der Waals surface area contributed by atoms with Crippen LogP contribution in [0.15, 0.2) is 0 Å². The summed E-state index contributed by atoms with van der Waals surface area (Å²) in [5.74, 6) is 0.735. The van der Waals surface area contributed by atoms with Crippen LogP contribution in [0.1, 0.15) is 33.6 Å². The maximum Gasteiger partial charge on any atom is 0.279 e. The van der Waals surface area contributed by atoms with Gasteiger partial charge in [0.1, 0.15) is 5.60 Å². The summed E-state index contributed by atoms with van der Waals surface area (Å²) in [6.07, 6.45) is 1.18. The van der Waals surface area contributed by atoms with E-state index in [1.807, 2.05) is 0 Å². The van der Waals surface area contributed by atoms with Gasteiger partial charge in [0, 0.05) is 32.7 Å². The van der Waals surface area contributed by atoms with Crippen LogP contribution in [0.4, 0.5) is 0 Å². The second-order valence-corrected chi connectivity index (χ2v) is 8.21. The highest BCUT2D eigenvalue weighted by Gasteiger charge is 2.41. The number of ether oxygens (including phenoxy) is 1. The van der Waals surface area contributed by atoms with E-state index in [1.165, 1.54) is 4.31 Å². The van der Waals surface area contributed by atoms with Gasteiger partial charge in [-0.3, -0.25) is 0 Å². The number of nitrogens with one attached hydrogen (secondary N) is 1. The first kappa shape index (κ1) is 16.2. The van der Waals surface area contributed by atoms with Gasteiger partial charge in [-0.25, -0.2) is 0 Å². The monoisotopic (exact) mass is 306 g/mol. The molecule has 0 radical (unpaired) electrons. The van der Waals surface area contributed by atoms with E-state index in [4.69, 9.17) is 4.74 Å². The van der Waals surface area contributed by atoms with Crippen molar-refractivity contribution in [2.75, 3.05) is 26.2 Å². The molecule has 2 rings (SSSR count). The van der Waals surface area contributed by atoms with E-state index in [2.05, 4.69) is 18.6 Å². The Morgan fingerprint density at radius 2 is 1.90 bits per heavy atom. The predicted molar refractivity (Wildman–Crippen MR) is 76.4 cm³/mol. The predicted octanol–water partition coefficient (Wildman–Crippen LogP) is 0.339. The molecule has 0 spiro atoms. The van der Waals surface area contributed by atoms with Gasteiger partial charge >= 0.3 is 0 Å². The van der Waals surface area contributed by atoms with Crippen molar-refractivity contribution >= 4 is 10.2 Å². The molecule has 0 amide bonds. The zero-order chi connectivity index (χ0) is 15.0. The third kappa shape index (κ3) is 3.51. The van der Waals surface area contributed by atoms with Gasteiger partial charge in [-0.05, 0) is 25.2 Å². The molecule has 2 fully saturated rings. The van der Waals surface area contributed by atoms with Crippen LogP contribution in [0.25, 0.3) is 0 Å². The van der Waals surface area contributed by atoms with Crippen molar-refractivity contribution in [3.63, 3.8) is 0 Å². The van der Waals surface area contributed by atoms with E-state index in [0.29, 0.717) is 38.0 Å². The Kier molecular flexibility index (Phi) is 4.76. The molecule has 7 heteroatoms. The fraction of sp³-hybridized carbons (Fsp3) is 1.00. The van der Waals surface area contributed by atoms with Gasteiger partial charge in [0.2, 0.25) is 0 Å². The summed E-state index contributed by atoms with van der Waals surface area (Å²) in [6.45, 7) is 7.48. The highest BCUT2D eigenvalue weighted by Crippen LogP contribution is 2.26. The summed E-state index contributed by atoms with van der Waals surface area (Å²) in [5, 5.41) is 10.4. The van der Waals surface area contributed by atoms with Crippen molar-refractivity contribution < 1.29 is 18.3 Å². The number of aliphatic hydroxyl groups is 1. The van der Waals surface area contributed by atoms with Gasteiger partial charge in [0.15, 0.2) is 0 Å². The summed E-state index contributed by atoms with van der Waals surface area (Å²) >= 11 is 0. The molecule has 2 aliphatic rings. The van der Waals surface area contributed by atoms with E-state index in [9.17, 15) is 13.5 Å². The van der Waals surface area contributed by atoms with E-state index in [1.54, 1.807) is 6.92 Å². The van der Waals surface area contributed by atoms with Crippen molar-refractivity contribution in [3.05, 3.63) is 0 Å². The Labute approximate surface area is 121 Å². The molecule has 2 N–H and O–H groups in total. The summed E-state index contributed by atoms with van der Waals surface area (Å²) in [5.41, 5.74) is -1.10. The molecule has 2 heterocycles. The Balaban J connectivity index is 1.97. The van der Waals surface area contributed by atoms with Gasteiger partial charge in [-0.1, -0.05) is 13.8 Å². The SMILES string of the molecule is CC1CC(C)CN(S(=O)(=O)NCC2(O)CCOC2C)C1. The first-order valence-corrected chi connectivity index (χ1v) is 8.75. The van der Waals surface area contributed by atoms with Crippen molar-refractivity contribution in [3.8, 4) is 0 Å². The van der Waals surface area contributed by atoms with Crippen LogP contribution in [0.2, 0.25) is 0 Å². The minimum Gasteiger partial charge on any atom is -0.386 e. The normalized spacial score (nSPS) is 40.1. The standard InChI is InChI=1S/C13H26N2O4S/c1-10-6-11(2)8-15(7-10)20(17,18)14-9-13(16)4-5-19-12(13)3/h10-12,14,16H,4-9H2,1-3H3. The quantitative estimate of drug-likeness (QED) is 0.785. The van der Waals surface area contributed by atoms with Gasteiger partial charge in [-0.15, -0.1) is 0 Å². The molecule has 4 unspecified atom stereocenters. The Morgan fingerprint density at radius 1 is 1.30 bits per heavy atom. The van der Waals surface area contributed by atoms with Crippen LogP contribution >= 0.6 is 0 Å². The van der Waals surface area contributed by atoms with Crippen LogP contribution in [0.5, 0.6) is 0 Å². The van der Waals surface area contributed by atoms with Crippen LogP contribution in [0.3, 0.4) is 0 Å². The van der Waals surface area contributed by atoms with Crippen LogP contribution < -0.4 is 4.72 Å². The largest absolute Gasteiger partial charge is 0.386 e. The lowest BCUT2D eigenvalue weighted by molar-refractivity contribution is -0.0231. The molecule has 0 bridgehead atoms. The highest BCUT2D eigenvalue weighted by molar-refractivity contribution is 7.87. The molecular formula is C13H26N2O4S. The van der Waals surface area contributed by atoms with Crippen molar-refractivity contribution in [1.29, 1.82) is 0 Å². The lowest BCUT2D eigenvalue weighted by Crippen LogP contribution is -2.53. The molecule has 0 aromatic rings. The summed E-state index contributed by atoms with van der Waals surface area (Å²) in [6, 6.07) is 0. The van der Waals surface area contributed by atoms with Crippen LogP contribution in [-0.2, 0) is 14.9 Å². The summed E-state index contributed by atoms with van der Waals surface area (Å²) in [4.78, 5) is 0. The molecule has 6 nitrogen and oxygen atoms in total. The topological polar surface area (TPSA) is 78.9 Å². The zero-order valence-corrected chi connectivity index (χ0v) is 13.3. The number of hydrogen-bond donors (Lipinski definition) is 2. The third-order valence-electron chi connectivity index (χ3n) is 4.40. The minimum atomic E-state index is -3.53. The molecule has 0 aromatic carbocycles. The van der Waals surface area contributed by atoms with E-state index < -0.39 is 15.8 Å². The summed E-state index contributed by atoms with van der Waals surface area (Å²) < 4.78 is 34.1. The van der Waals surface area contributed by atoms with E-state index >= 15 is 0 Å². The first-order valence-electron chi connectivity index (χ1n) is 7.31. The smallest absolute Gasteiger partial charge is 0.279 e. The molecule has 118 valence electrons. The number of hydrogen-bond acceptors (Lipinski definition) is 4. The number of piperidine rings is 1. The maximum atomic E-state index is 12.3. The molecule has 0 saturated carbocycles. The molecule has 4 atom stereocenters. The molecule has 0 aromatic heterocycles. The fourth-order valence-corrected chi connectivity index (χ4v) is 4.63. The molecular weight excluding hydrogens is 280 g/mol. The third-order valence-corrected chi connectivity index (χ3v) is 5.88. The molecule has 2 saturated heterocycles.